The lowest BCUT2D eigenvalue weighted by Gasteiger charge is -2.51. The highest BCUT2D eigenvalue weighted by Crippen LogP contribution is 2.42. The van der Waals surface area contributed by atoms with E-state index in [1.807, 2.05) is 7.05 Å². The third-order valence-corrected chi connectivity index (χ3v) is 7.58. The van der Waals surface area contributed by atoms with Gasteiger partial charge in [0.25, 0.3) is 0 Å². The fraction of sp³-hybridized carbons (Fsp3) is 0.944. The van der Waals surface area contributed by atoms with Gasteiger partial charge in [0, 0.05) is 56.5 Å². The topological polar surface area (TPSA) is 58.1 Å². The molecule has 152 valence electrons. The van der Waals surface area contributed by atoms with Gasteiger partial charge in [0.05, 0.1) is 19.3 Å². The molecule has 0 spiro atoms. The van der Waals surface area contributed by atoms with Crippen LogP contribution in [-0.2, 0) is 9.47 Å². The van der Waals surface area contributed by atoms with Crippen LogP contribution in [-0.4, -0.2) is 87.1 Å². The number of thioether (sulfide) groups is 1. The molecule has 0 aromatic carbocycles. The predicted molar refractivity (Wildman–Crippen MR) is 120 cm³/mol. The molecule has 3 aliphatic rings. The van der Waals surface area contributed by atoms with Crippen LogP contribution in [0.3, 0.4) is 0 Å². The molecule has 3 unspecified atom stereocenters. The van der Waals surface area contributed by atoms with Crippen molar-refractivity contribution in [3.8, 4) is 0 Å². The monoisotopic (exact) mass is 498 g/mol. The molecule has 6 nitrogen and oxygen atoms in total. The molecule has 0 radical (unpaired) electrons. The molecule has 1 saturated carbocycles. The standard InChI is InChI=1S/C18H34N4O2S.HI/c1-17(2)14(11-15(17)23-4)21-16(19-3)20-12-18(5-10-25-13-18)22-6-8-24-9-7-22;/h14-15H,5-13H2,1-4H3,(H2,19,20,21);1H. The smallest absolute Gasteiger partial charge is 0.191 e. The van der Waals surface area contributed by atoms with E-state index in [9.17, 15) is 0 Å². The van der Waals surface area contributed by atoms with Crippen molar-refractivity contribution in [1.29, 1.82) is 0 Å². The molecule has 3 fully saturated rings. The molecule has 3 rings (SSSR count). The molecule has 0 bridgehead atoms. The lowest BCUT2D eigenvalue weighted by Crippen LogP contribution is -2.65. The number of guanidine groups is 1. The summed E-state index contributed by atoms with van der Waals surface area (Å²) < 4.78 is 11.1. The average molecular weight is 498 g/mol. The second kappa shape index (κ2) is 9.62. The quantitative estimate of drug-likeness (QED) is 0.343. The van der Waals surface area contributed by atoms with Crippen molar-refractivity contribution in [3.05, 3.63) is 0 Å². The molecule has 0 amide bonds. The number of morpholine rings is 1. The summed E-state index contributed by atoms with van der Waals surface area (Å²) in [6, 6.07) is 0.404. The number of halogens is 1. The summed E-state index contributed by atoms with van der Waals surface area (Å²) in [5.41, 5.74) is 0.369. The summed E-state index contributed by atoms with van der Waals surface area (Å²) in [5, 5.41) is 7.23. The largest absolute Gasteiger partial charge is 0.381 e. The minimum Gasteiger partial charge on any atom is -0.381 e. The fourth-order valence-corrected chi connectivity index (χ4v) is 5.75. The first kappa shape index (κ1) is 22.5. The minimum absolute atomic E-state index is 0. The van der Waals surface area contributed by atoms with Gasteiger partial charge in [0.1, 0.15) is 0 Å². The van der Waals surface area contributed by atoms with E-state index >= 15 is 0 Å². The molecule has 0 aromatic heterocycles. The average Bonchev–Trinajstić information content (AvgIpc) is 3.11. The second-order valence-electron chi connectivity index (χ2n) is 8.03. The number of aliphatic imine (C=N–C) groups is 1. The molecule has 2 aliphatic heterocycles. The van der Waals surface area contributed by atoms with Crippen LogP contribution >= 0.6 is 35.7 Å². The number of hydrogen-bond acceptors (Lipinski definition) is 5. The van der Waals surface area contributed by atoms with Crippen LogP contribution in [0, 0.1) is 5.41 Å². The Labute approximate surface area is 179 Å². The Morgan fingerprint density at radius 1 is 1.35 bits per heavy atom. The van der Waals surface area contributed by atoms with Gasteiger partial charge in [0.2, 0.25) is 0 Å². The molecule has 3 atom stereocenters. The highest BCUT2D eigenvalue weighted by molar-refractivity contribution is 14.0. The third kappa shape index (κ3) is 4.61. The molecular weight excluding hydrogens is 463 g/mol. The zero-order chi connectivity index (χ0) is 17.9. The van der Waals surface area contributed by atoms with E-state index in [1.54, 1.807) is 7.11 Å². The summed E-state index contributed by atoms with van der Waals surface area (Å²) >= 11 is 2.07. The first-order valence-electron chi connectivity index (χ1n) is 9.42. The number of rotatable bonds is 5. The van der Waals surface area contributed by atoms with Gasteiger partial charge in [0.15, 0.2) is 5.96 Å². The normalized spacial score (nSPS) is 34.7. The summed E-state index contributed by atoms with van der Waals surface area (Å²) in [6.07, 6.45) is 2.60. The predicted octanol–water partition coefficient (Wildman–Crippen LogP) is 1.79. The lowest BCUT2D eigenvalue weighted by atomic mass is 9.64. The Bertz CT molecular complexity index is 480. The highest BCUT2D eigenvalue weighted by atomic mass is 127. The number of methoxy groups -OCH3 is 1. The van der Waals surface area contributed by atoms with E-state index in [1.165, 1.54) is 17.9 Å². The van der Waals surface area contributed by atoms with Crippen LogP contribution in [0.1, 0.15) is 26.7 Å². The van der Waals surface area contributed by atoms with Gasteiger partial charge in [-0.3, -0.25) is 9.89 Å². The van der Waals surface area contributed by atoms with E-state index in [4.69, 9.17) is 9.47 Å². The van der Waals surface area contributed by atoms with Crippen molar-refractivity contribution in [2.45, 2.75) is 44.4 Å². The van der Waals surface area contributed by atoms with Gasteiger partial charge in [-0.1, -0.05) is 13.8 Å². The van der Waals surface area contributed by atoms with E-state index in [-0.39, 0.29) is 34.9 Å². The maximum atomic E-state index is 5.56. The maximum Gasteiger partial charge on any atom is 0.191 e. The van der Waals surface area contributed by atoms with E-state index in [2.05, 4.69) is 46.1 Å². The van der Waals surface area contributed by atoms with Gasteiger partial charge in [-0.05, 0) is 18.6 Å². The van der Waals surface area contributed by atoms with E-state index in [0.717, 1.165) is 45.2 Å². The van der Waals surface area contributed by atoms with Crippen molar-refractivity contribution >= 4 is 41.7 Å². The Hall–Kier alpha value is 0.230. The Balaban J connectivity index is 0.00000243. The van der Waals surface area contributed by atoms with Crippen molar-refractivity contribution in [1.82, 2.24) is 15.5 Å². The second-order valence-corrected chi connectivity index (χ2v) is 9.14. The van der Waals surface area contributed by atoms with Crippen molar-refractivity contribution in [2.24, 2.45) is 10.4 Å². The Morgan fingerprint density at radius 2 is 2.08 bits per heavy atom. The fourth-order valence-electron chi connectivity index (χ4n) is 4.27. The molecule has 2 N–H and O–H groups in total. The zero-order valence-electron chi connectivity index (χ0n) is 16.5. The molecule has 2 saturated heterocycles. The SMILES string of the molecule is CN=C(NCC1(N2CCOCC2)CCSC1)NC1CC(OC)C1(C)C.I. The Kier molecular flexibility index (Phi) is 8.34. The first-order chi connectivity index (χ1) is 12.0. The van der Waals surface area contributed by atoms with Gasteiger partial charge in [-0.2, -0.15) is 11.8 Å². The molecule has 2 heterocycles. The van der Waals surface area contributed by atoms with Gasteiger partial charge in [-0.25, -0.2) is 0 Å². The van der Waals surface area contributed by atoms with Crippen LogP contribution in [0.2, 0.25) is 0 Å². The summed E-state index contributed by atoms with van der Waals surface area (Å²) in [7, 11) is 3.67. The van der Waals surface area contributed by atoms with Crippen molar-refractivity contribution in [2.75, 3.05) is 58.5 Å². The number of hydrogen-bond donors (Lipinski definition) is 2. The van der Waals surface area contributed by atoms with Crippen molar-refractivity contribution < 1.29 is 9.47 Å². The molecule has 8 heteroatoms. The maximum absolute atomic E-state index is 5.56. The summed E-state index contributed by atoms with van der Waals surface area (Å²) in [6.45, 7) is 9.26. The van der Waals surface area contributed by atoms with Gasteiger partial charge < -0.3 is 20.1 Å². The summed E-state index contributed by atoms with van der Waals surface area (Å²) in [5.74, 6) is 3.35. The highest BCUT2D eigenvalue weighted by Gasteiger charge is 2.49. The minimum atomic E-state index is 0. The number of ether oxygens (including phenoxy) is 2. The number of nitrogens with zero attached hydrogens (tertiary/aromatic N) is 2. The third-order valence-electron chi connectivity index (χ3n) is 6.35. The van der Waals surface area contributed by atoms with Gasteiger partial charge in [-0.15, -0.1) is 24.0 Å². The van der Waals surface area contributed by atoms with Crippen LogP contribution in [0.5, 0.6) is 0 Å². The summed E-state index contributed by atoms with van der Waals surface area (Å²) in [4.78, 5) is 7.10. The molecule has 26 heavy (non-hydrogen) atoms. The van der Waals surface area contributed by atoms with E-state index in [0.29, 0.717) is 12.1 Å². The van der Waals surface area contributed by atoms with E-state index < -0.39 is 0 Å². The van der Waals surface area contributed by atoms with Gasteiger partial charge >= 0.3 is 0 Å². The first-order valence-corrected chi connectivity index (χ1v) is 10.6. The zero-order valence-corrected chi connectivity index (χ0v) is 19.7. The van der Waals surface area contributed by atoms with Crippen LogP contribution < -0.4 is 10.6 Å². The van der Waals surface area contributed by atoms with Crippen LogP contribution in [0.25, 0.3) is 0 Å². The number of nitrogens with one attached hydrogen (secondary N) is 2. The molecule has 0 aromatic rings. The molecular formula is C18H35IN4O2S. The Morgan fingerprint density at radius 3 is 2.62 bits per heavy atom. The van der Waals surface area contributed by atoms with Crippen LogP contribution in [0.15, 0.2) is 4.99 Å². The van der Waals surface area contributed by atoms with Crippen LogP contribution in [0.4, 0.5) is 0 Å². The van der Waals surface area contributed by atoms with Crippen molar-refractivity contribution in [3.63, 3.8) is 0 Å². The lowest BCUT2D eigenvalue weighted by molar-refractivity contribution is -0.0923. The molecule has 1 aliphatic carbocycles.